The van der Waals surface area contributed by atoms with E-state index in [1.807, 2.05) is 0 Å². The van der Waals surface area contributed by atoms with E-state index >= 15 is 0 Å². The average molecular weight is 782 g/mol. The number of benzene rings is 1. The number of hydrogen-bond donors (Lipinski definition) is 14. The first kappa shape index (κ1) is 47.0. The molecule has 0 saturated carbocycles. The van der Waals surface area contributed by atoms with Gasteiger partial charge in [-0.3, -0.25) is 43.3 Å². The lowest BCUT2D eigenvalue weighted by Gasteiger charge is -2.27. The van der Waals surface area contributed by atoms with Gasteiger partial charge in [-0.25, -0.2) is 0 Å². The number of carboxylic acid groups (broad SMARTS) is 1. The number of nitrogens with two attached hydrogens (primary N) is 4. The van der Waals surface area contributed by atoms with Crippen molar-refractivity contribution in [3.8, 4) is 5.75 Å². The van der Waals surface area contributed by atoms with Crippen molar-refractivity contribution in [3.05, 3.63) is 29.8 Å². The van der Waals surface area contributed by atoms with Crippen molar-refractivity contribution in [1.29, 1.82) is 0 Å². The van der Waals surface area contributed by atoms with Gasteiger partial charge >= 0.3 is 5.97 Å². The van der Waals surface area contributed by atoms with Gasteiger partial charge in [-0.2, -0.15) is 0 Å². The number of aliphatic carboxylic acids is 1. The second-order valence-electron chi connectivity index (χ2n) is 12.5. The van der Waals surface area contributed by atoms with E-state index in [0.717, 1.165) is 6.92 Å². The number of phenols is 1. The van der Waals surface area contributed by atoms with Crippen molar-refractivity contribution in [2.45, 2.75) is 94.9 Å². The van der Waals surface area contributed by atoms with Gasteiger partial charge in [0.25, 0.3) is 0 Å². The van der Waals surface area contributed by atoms with E-state index < -0.39 is 109 Å². The Kier molecular flexibility index (Phi) is 19.5. The predicted octanol–water partition coefficient (Wildman–Crippen LogP) is -6.40. The Hall–Kier alpha value is -6.07. The number of aliphatic hydroxyl groups is 2. The van der Waals surface area contributed by atoms with E-state index in [1.165, 1.54) is 38.1 Å². The minimum absolute atomic E-state index is 0.0157. The van der Waals surface area contributed by atoms with E-state index in [9.17, 15) is 58.8 Å². The lowest BCUT2D eigenvalue weighted by molar-refractivity contribution is -0.141. The number of carbonyl (C=O) groups is 8. The molecule has 0 spiro atoms. The Balaban J connectivity index is 3.31. The summed E-state index contributed by atoms with van der Waals surface area (Å²) < 4.78 is 0. The van der Waals surface area contributed by atoms with Crippen LogP contribution in [0.3, 0.4) is 0 Å². The third-order valence-corrected chi connectivity index (χ3v) is 7.68. The van der Waals surface area contributed by atoms with Crippen molar-refractivity contribution in [3.63, 3.8) is 0 Å². The Morgan fingerprint density at radius 1 is 0.727 bits per heavy atom. The molecule has 0 bridgehead atoms. The van der Waals surface area contributed by atoms with Crippen LogP contribution >= 0.6 is 0 Å². The Labute approximate surface area is 315 Å². The van der Waals surface area contributed by atoms with Crippen LogP contribution in [0, 0.1) is 0 Å². The van der Waals surface area contributed by atoms with E-state index in [-0.39, 0.29) is 37.5 Å². The maximum absolute atomic E-state index is 13.7. The smallest absolute Gasteiger partial charge is 0.325 e. The molecule has 0 aromatic heterocycles. The molecule has 55 heavy (non-hydrogen) atoms. The number of primary amides is 1. The summed E-state index contributed by atoms with van der Waals surface area (Å²) in [5.41, 5.74) is 22.0. The number of guanidine groups is 1. The highest BCUT2D eigenvalue weighted by Gasteiger charge is 2.34. The first-order valence-electron chi connectivity index (χ1n) is 16.9. The molecule has 8 atom stereocenters. The second-order valence-corrected chi connectivity index (χ2v) is 12.5. The number of phenolic OH excluding ortho intramolecular Hbond substituents is 1. The summed E-state index contributed by atoms with van der Waals surface area (Å²) in [6, 6.07) is -3.60. The van der Waals surface area contributed by atoms with Crippen LogP contribution < -0.4 is 54.8 Å². The molecule has 0 aliphatic heterocycles. The van der Waals surface area contributed by atoms with Gasteiger partial charge in [-0.05, 0) is 51.3 Å². The molecule has 7 amide bonds. The number of aromatic hydroxyl groups is 1. The number of carboxylic acids is 1. The maximum atomic E-state index is 13.7. The molecule has 23 heteroatoms. The maximum Gasteiger partial charge on any atom is 0.325 e. The van der Waals surface area contributed by atoms with Crippen molar-refractivity contribution >= 4 is 53.3 Å². The normalized spacial score (nSPS) is 15.2. The Bertz CT molecular complexity index is 1550. The number of hydrogen-bond acceptors (Lipinski definition) is 13. The molecular weight excluding hydrogens is 730 g/mol. The van der Waals surface area contributed by atoms with E-state index in [4.69, 9.17) is 22.9 Å². The van der Waals surface area contributed by atoms with Crippen molar-refractivity contribution in [2.75, 3.05) is 13.1 Å². The van der Waals surface area contributed by atoms with Gasteiger partial charge in [0.2, 0.25) is 41.4 Å². The van der Waals surface area contributed by atoms with Crippen LogP contribution in [0.1, 0.15) is 45.6 Å². The minimum Gasteiger partial charge on any atom is -0.508 e. The van der Waals surface area contributed by atoms with Crippen molar-refractivity contribution < 1.29 is 58.8 Å². The standard InChI is InChI=1S/C32H51N11O12/c1-14(31(54)55)39-27(50)20(11-17-6-8-18(46)9-7-17)41-26(49)19(5-4-10-37-32(35)36)40-28(51)21(12-22(33)47)42-30(53)25(16(3)45)43-23(48)13-38-29(52)24(34)15(2)44/h6-9,14-16,19-21,24-25,44-46H,4-5,10-13,34H2,1-3H3,(H2,33,47)(H,38,52)(H,39,50)(H,40,51)(H,41,49)(H,42,53)(H,43,48)(H,54,55)(H4,35,36,37)/t14-,15+,16+,19-,20-,21-,24-,25-/m0/s1. The molecule has 0 fully saturated rings. The zero-order valence-corrected chi connectivity index (χ0v) is 30.5. The molecule has 1 aromatic rings. The number of amides is 7. The van der Waals surface area contributed by atoms with Gasteiger partial charge in [0.05, 0.1) is 25.2 Å². The van der Waals surface area contributed by atoms with Crippen LogP contribution in [-0.4, -0.2) is 135 Å². The first-order chi connectivity index (χ1) is 25.6. The fraction of sp³-hybridized carbons (Fsp3) is 0.531. The Morgan fingerprint density at radius 3 is 1.80 bits per heavy atom. The lowest BCUT2D eigenvalue weighted by Crippen LogP contribution is -2.61. The molecule has 0 aliphatic carbocycles. The van der Waals surface area contributed by atoms with Gasteiger partial charge in [0, 0.05) is 13.0 Å². The monoisotopic (exact) mass is 781 g/mol. The van der Waals surface area contributed by atoms with Crippen LogP contribution in [0.2, 0.25) is 0 Å². The number of nitrogens with one attached hydrogen (secondary N) is 6. The van der Waals surface area contributed by atoms with Gasteiger partial charge in [-0.1, -0.05) is 12.1 Å². The number of carbonyl (C=O) groups excluding carboxylic acids is 7. The topological polar surface area (TPSA) is 406 Å². The first-order valence-corrected chi connectivity index (χ1v) is 16.9. The summed E-state index contributed by atoms with van der Waals surface area (Å²) in [5.74, 6) is -8.85. The summed E-state index contributed by atoms with van der Waals surface area (Å²) in [6.07, 6.45) is -3.96. The van der Waals surface area contributed by atoms with Crippen molar-refractivity contribution in [2.24, 2.45) is 27.9 Å². The summed E-state index contributed by atoms with van der Waals surface area (Å²) in [7, 11) is 0. The molecule has 18 N–H and O–H groups in total. The molecular formula is C32H51N11O12. The number of rotatable bonds is 23. The number of aliphatic hydroxyl groups excluding tert-OH is 2. The average Bonchev–Trinajstić information content (AvgIpc) is 3.09. The zero-order chi connectivity index (χ0) is 42.0. The summed E-state index contributed by atoms with van der Waals surface area (Å²) >= 11 is 0. The predicted molar refractivity (Wildman–Crippen MR) is 193 cm³/mol. The lowest BCUT2D eigenvalue weighted by atomic mass is 10.0. The highest BCUT2D eigenvalue weighted by Crippen LogP contribution is 2.12. The second kappa shape index (κ2) is 22.9. The zero-order valence-electron chi connectivity index (χ0n) is 30.5. The molecule has 0 unspecified atom stereocenters. The van der Waals surface area contributed by atoms with Gasteiger partial charge < -0.3 is 75.3 Å². The fourth-order valence-corrected chi connectivity index (χ4v) is 4.58. The number of nitrogens with zero attached hydrogens (tertiary/aromatic N) is 1. The van der Waals surface area contributed by atoms with Gasteiger partial charge in [0.1, 0.15) is 42.0 Å². The summed E-state index contributed by atoms with van der Waals surface area (Å²) in [5, 5.41) is 52.3. The third-order valence-electron chi connectivity index (χ3n) is 7.68. The largest absolute Gasteiger partial charge is 0.508 e. The fourth-order valence-electron chi connectivity index (χ4n) is 4.58. The molecule has 0 aliphatic rings. The molecule has 0 radical (unpaired) electrons. The number of aliphatic imine (C=N–C) groups is 1. The highest BCUT2D eigenvalue weighted by atomic mass is 16.4. The van der Waals surface area contributed by atoms with E-state index in [2.05, 4.69) is 36.9 Å². The van der Waals surface area contributed by atoms with Crippen LogP contribution in [0.15, 0.2) is 29.3 Å². The molecule has 23 nitrogen and oxygen atoms in total. The molecule has 0 heterocycles. The summed E-state index contributed by atoms with van der Waals surface area (Å²) in [6.45, 7) is 2.82. The molecule has 1 rings (SSSR count). The van der Waals surface area contributed by atoms with Crippen LogP contribution in [0.25, 0.3) is 0 Å². The van der Waals surface area contributed by atoms with Crippen LogP contribution in [0.5, 0.6) is 5.75 Å². The van der Waals surface area contributed by atoms with E-state index in [1.54, 1.807) is 0 Å². The van der Waals surface area contributed by atoms with Gasteiger partial charge in [0.15, 0.2) is 5.96 Å². The van der Waals surface area contributed by atoms with Gasteiger partial charge in [-0.15, -0.1) is 0 Å². The summed E-state index contributed by atoms with van der Waals surface area (Å²) in [4.78, 5) is 105. The molecule has 0 saturated heterocycles. The van der Waals surface area contributed by atoms with E-state index in [0.29, 0.717) is 5.56 Å². The SMILES string of the molecule is C[C@H](NC(=O)[C@H](Cc1ccc(O)cc1)NC(=O)[C@H](CCCN=C(N)N)NC(=O)[C@H](CC(N)=O)NC(=O)[C@@H](NC(=O)CNC(=O)[C@@H](N)[C@@H](C)O)[C@@H](C)O)C(=O)O. The Morgan fingerprint density at radius 2 is 1.27 bits per heavy atom. The quantitative estimate of drug-likeness (QED) is 0.0279. The minimum atomic E-state index is -1.78. The van der Waals surface area contributed by atoms with Crippen molar-refractivity contribution in [1.82, 2.24) is 31.9 Å². The van der Waals surface area contributed by atoms with Crippen LogP contribution in [-0.2, 0) is 44.8 Å². The molecule has 1 aromatic carbocycles. The highest BCUT2D eigenvalue weighted by molar-refractivity contribution is 5.98. The third kappa shape index (κ3) is 17.5. The van der Waals surface area contributed by atoms with Crippen LogP contribution in [0.4, 0.5) is 0 Å². The molecule has 306 valence electrons.